The highest BCUT2D eigenvalue weighted by molar-refractivity contribution is 5.95. The molecule has 0 unspecified atom stereocenters. The number of anilines is 3. The molecule has 0 aliphatic carbocycles. The summed E-state index contributed by atoms with van der Waals surface area (Å²) in [6.07, 6.45) is 0. The lowest BCUT2D eigenvalue weighted by molar-refractivity contribution is -0.00000590. The molecule has 1 aliphatic heterocycles. The highest BCUT2D eigenvalue weighted by atomic mass is 35.5. The van der Waals surface area contributed by atoms with Crippen LogP contribution in [0.4, 0.5) is 17.1 Å². The smallest absolute Gasteiger partial charge is 0.0755 e. The van der Waals surface area contributed by atoms with Crippen molar-refractivity contribution in [2.45, 2.75) is 13.8 Å². The zero-order valence-electron chi connectivity index (χ0n) is 15.1. The van der Waals surface area contributed by atoms with Gasteiger partial charge in [0.25, 0.3) is 0 Å². The predicted octanol–water partition coefficient (Wildman–Crippen LogP) is 1.44. The van der Waals surface area contributed by atoms with Gasteiger partial charge in [0.2, 0.25) is 0 Å². The van der Waals surface area contributed by atoms with Crippen molar-refractivity contribution < 1.29 is 17.1 Å². The van der Waals surface area contributed by atoms with E-state index in [0.29, 0.717) is 0 Å². The molecule has 1 N–H and O–H groups in total. The van der Waals surface area contributed by atoms with E-state index in [2.05, 4.69) is 65.7 Å². The van der Waals surface area contributed by atoms with Crippen molar-refractivity contribution in [3.8, 4) is 0 Å². The number of nitrogens with one attached hydrogen (secondary N) is 1. The maximum atomic E-state index is 5.43. The van der Waals surface area contributed by atoms with Crippen molar-refractivity contribution in [2.24, 2.45) is 0 Å². The second kappa shape index (κ2) is 7.94. The Balaban J connectivity index is 0.00000196. The van der Waals surface area contributed by atoms with E-state index >= 15 is 0 Å². The van der Waals surface area contributed by atoms with Crippen LogP contribution >= 0.6 is 0 Å². The molecule has 1 aliphatic rings. The molecule has 0 amide bonds. The number of benzene rings is 2. The SMILES string of the molecule is Cc1cc(Nc2ccc(N3CCOCC3)cc2)c2cccc(C)c2n1.[Cl-]. The first-order valence-electron chi connectivity index (χ1n) is 8.77. The fourth-order valence-corrected chi connectivity index (χ4v) is 3.36. The highest BCUT2D eigenvalue weighted by Crippen LogP contribution is 2.29. The van der Waals surface area contributed by atoms with Gasteiger partial charge < -0.3 is 27.4 Å². The normalized spacial score (nSPS) is 14.2. The summed E-state index contributed by atoms with van der Waals surface area (Å²) in [4.78, 5) is 7.06. The van der Waals surface area contributed by atoms with Gasteiger partial charge in [0.15, 0.2) is 0 Å². The van der Waals surface area contributed by atoms with Crippen molar-refractivity contribution in [1.82, 2.24) is 4.98 Å². The van der Waals surface area contributed by atoms with E-state index in [4.69, 9.17) is 9.72 Å². The van der Waals surface area contributed by atoms with Crippen LogP contribution in [-0.2, 0) is 4.74 Å². The minimum absolute atomic E-state index is 0. The number of rotatable bonds is 3. The summed E-state index contributed by atoms with van der Waals surface area (Å²) < 4.78 is 5.43. The third-order valence-electron chi connectivity index (χ3n) is 4.69. The van der Waals surface area contributed by atoms with Crippen molar-refractivity contribution in [1.29, 1.82) is 0 Å². The summed E-state index contributed by atoms with van der Waals surface area (Å²) in [5, 5.41) is 4.72. The van der Waals surface area contributed by atoms with Gasteiger partial charge >= 0.3 is 0 Å². The first-order chi connectivity index (χ1) is 12.2. The van der Waals surface area contributed by atoms with Gasteiger partial charge in [-0.15, -0.1) is 0 Å². The van der Waals surface area contributed by atoms with Crippen LogP contribution in [-0.4, -0.2) is 31.3 Å². The number of hydrogen-bond acceptors (Lipinski definition) is 4. The number of morpholine rings is 1. The quantitative estimate of drug-likeness (QED) is 0.759. The van der Waals surface area contributed by atoms with E-state index in [0.717, 1.165) is 54.3 Å². The number of halogens is 1. The molecule has 1 fully saturated rings. The molecular formula is C21H23ClN3O-. The van der Waals surface area contributed by atoms with Gasteiger partial charge in [-0.2, -0.15) is 0 Å². The van der Waals surface area contributed by atoms with Crippen molar-refractivity contribution >= 4 is 28.0 Å². The molecule has 1 saturated heterocycles. The largest absolute Gasteiger partial charge is 1.00 e. The summed E-state index contributed by atoms with van der Waals surface area (Å²) >= 11 is 0. The zero-order valence-corrected chi connectivity index (χ0v) is 15.9. The fourth-order valence-electron chi connectivity index (χ4n) is 3.36. The summed E-state index contributed by atoms with van der Waals surface area (Å²) in [5.74, 6) is 0. The first kappa shape index (κ1) is 18.5. The Morgan fingerprint density at radius 1 is 1.00 bits per heavy atom. The van der Waals surface area contributed by atoms with E-state index in [1.165, 1.54) is 11.3 Å². The molecule has 4 rings (SSSR count). The Kier molecular flexibility index (Phi) is 5.64. The molecule has 0 atom stereocenters. The van der Waals surface area contributed by atoms with Crippen LogP contribution in [0.3, 0.4) is 0 Å². The van der Waals surface area contributed by atoms with Gasteiger partial charge in [0.1, 0.15) is 0 Å². The number of para-hydroxylation sites is 1. The second-order valence-corrected chi connectivity index (χ2v) is 6.55. The molecule has 4 nitrogen and oxygen atoms in total. The van der Waals surface area contributed by atoms with Gasteiger partial charge in [0.05, 0.1) is 18.7 Å². The van der Waals surface area contributed by atoms with Crippen LogP contribution in [0.15, 0.2) is 48.5 Å². The molecule has 0 saturated carbocycles. The average molecular weight is 369 g/mol. The summed E-state index contributed by atoms with van der Waals surface area (Å²) in [6.45, 7) is 7.68. The van der Waals surface area contributed by atoms with Crippen molar-refractivity contribution in [3.05, 3.63) is 59.8 Å². The predicted molar refractivity (Wildman–Crippen MR) is 104 cm³/mol. The van der Waals surface area contributed by atoms with E-state index in [1.807, 2.05) is 6.92 Å². The Hall–Kier alpha value is -2.30. The molecular weight excluding hydrogens is 346 g/mol. The Morgan fingerprint density at radius 3 is 2.46 bits per heavy atom. The van der Waals surface area contributed by atoms with Gasteiger partial charge in [0, 0.05) is 41.2 Å². The molecule has 136 valence electrons. The third-order valence-corrected chi connectivity index (χ3v) is 4.69. The van der Waals surface area contributed by atoms with Gasteiger partial charge in [-0.3, -0.25) is 4.98 Å². The highest BCUT2D eigenvalue weighted by Gasteiger charge is 2.11. The summed E-state index contributed by atoms with van der Waals surface area (Å²) in [5.41, 5.74) is 6.73. The first-order valence-corrected chi connectivity index (χ1v) is 8.77. The minimum Gasteiger partial charge on any atom is -1.00 e. The van der Waals surface area contributed by atoms with Crippen LogP contribution in [0.2, 0.25) is 0 Å². The minimum atomic E-state index is 0. The number of aromatic nitrogens is 1. The second-order valence-electron chi connectivity index (χ2n) is 6.55. The molecule has 5 heteroatoms. The molecule has 3 aromatic rings. The maximum Gasteiger partial charge on any atom is 0.0755 e. The lowest BCUT2D eigenvalue weighted by Gasteiger charge is -2.29. The Labute approximate surface area is 160 Å². The molecule has 1 aromatic heterocycles. The van der Waals surface area contributed by atoms with Gasteiger partial charge in [-0.25, -0.2) is 0 Å². The van der Waals surface area contributed by atoms with Crippen LogP contribution in [0.25, 0.3) is 10.9 Å². The monoisotopic (exact) mass is 368 g/mol. The average Bonchev–Trinajstić information content (AvgIpc) is 2.64. The van der Waals surface area contributed by atoms with Crippen molar-refractivity contribution in [3.63, 3.8) is 0 Å². The topological polar surface area (TPSA) is 37.4 Å². The van der Waals surface area contributed by atoms with Gasteiger partial charge in [-0.05, 0) is 49.7 Å². The number of pyridine rings is 1. The number of ether oxygens (including phenoxy) is 1. The van der Waals surface area contributed by atoms with Crippen LogP contribution in [0.1, 0.15) is 11.3 Å². The van der Waals surface area contributed by atoms with E-state index in [-0.39, 0.29) is 12.4 Å². The Bertz CT molecular complexity index is 890. The molecule has 0 radical (unpaired) electrons. The number of aryl methyl sites for hydroxylation is 2. The van der Waals surface area contributed by atoms with Gasteiger partial charge in [-0.1, -0.05) is 18.2 Å². The third kappa shape index (κ3) is 3.76. The molecule has 26 heavy (non-hydrogen) atoms. The fraction of sp³-hybridized carbons (Fsp3) is 0.286. The number of fused-ring (bicyclic) bond motifs is 1. The van der Waals surface area contributed by atoms with Crippen LogP contribution in [0.5, 0.6) is 0 Å². The Morgan fingerprint density at radius 2 is 1.73 bits per heavy atom. The molecule has 0 spiro atoms. The summed E-state index contributed by atoms with van der Waals surface area (Å²) in [6, 6.07) is 17.1. The number of hydrogen-bond donors (Lipinski definition) is 1. The molecule has 2 heterocycles. The maximum absolute atomic E-state index is 5.43. The van der Waals surface area contributed by atoms with E-state index in [1.54, 1.807) is 0 Å². The van der Waals surface area contributed by atoms with E-state index in [9.17, 15) is 0 Å². The standard InChI is InChI=1S/C21H23N3O.ClH/c1-15-4-3-5-19-20(14-16(2)22-21(15)19)23-17-6-8-18(9-7-17)24-10-12-25-13-11-24;/h3-9,14H,10-13H2,1-2H3,(H,22,23);1H/p-1. The molecule has 0 bridgehead atoms. The zero-order chi connectivity index (χ0) is 17.2. The van der Waals surface area contributed by atoms with Crippen LogP contribution in [0, 0.1) is 13.8 Å². The lowest BCUT2D eigenvalue weighted by Crippen LogP contribution is -3.00. The summed E-state index contributed by atoms with van der Waals surface area (Å²) in [7, 11) is 0. The van der Waals surface area contributed by atoms with Crippen molar-refractivity contribution in [2.75, 3.05) is 36.5 Å². The number of nitrogens with zero attached hydrogens (tertiary/aromatic N) is 2. The van der Waals surface area contributed by atoms with E-state index < -0.39 is 0 Å². The molecule has 2 aromatic carbocycles. The lowest BCUT2D eigenvalue weighted by atomic mass is 10.1. The van der Waals surface area contributed by atoms with Crippen LogP contribution < -0.4 is 22.6 Å².